The van der Waals surface area contributed by atoms with E-state index in [1.807, 2.05) is 13.8 Å². The van der Waals surface area contributed by atoms with Gasteiger partial charge >= 0.3 is 11.9 Å². The standard InChI is InChI=1S/C15H15NO5/c1-9(2)8-21-15(20)11(7-16)5-10-3-4-12(17)6-13(10)14(18)19/h3-6,9,17H,8H2,1-2H3,(H,18,19)/b11-5+. The number of aromatic carboxylic acids is 1. The number of ether oxygens (including phenoxy) is 1. The average Bonchev–Trinajstić information content (AvgIpc) is 2.43. The van der Waals surface area contributed by atoms with Crippen LogP contribution in [0.5, 0.6) is 5.75 Å². The topological polar surface area (TPSA) is 108 Å². The Morgan fingerprint density at radius 3 is 2.62 bits per heavy atom. The van der Waals surface area contributed by atoms with Crippen LogP contribution in [0.3, 0.4) is 0 Å². The first kappa shape index (κ1) is 16.2. The normalized spacial score (nSPS) is 11.0. The van der Waals surface area contributed by atoms with E-state index in [0.717, 1.165) is 12.1 Å². The summed E-state index contributed by atoms with van der Waals surface area (Å²) in [6.45, 7) is 3.87. The van der Waals surface area contributed by atoms with Crippen LogP contribution in [0.4, 0.5) is 0 Å². The summed E-state index contributed by atoms with van der Waals surface area (Å²) in [6.07, 6.45) is 1.13. The smallest absolute Gasteiger partial charge is 0.348 e. The molecule has 21 heavy (non-hydrogen) atoms. The van der Waals surface area contributed by atoms with E-state index in [9.17, 15) is 14.7 Å². The van der Waals surface area contributed by atoms with Crippen LogP contribution in [-0.4, -0.2) is 28.8 Å². The van der Waals surface area contributed by atoms with Gasteiger partial charge in [-0.1, -0.05) is 19.9 Å². The van der Waals surface area contributed by atoms with Gasteiger partial charge in [-0.3, -0.25) is 0 Å². The zero-order valence-electron chi connectivity index (χ0n) is 11.7. The quantitative estimate of drug-likeness (QED) is 0.488. The van der Waals surface area contributed by atoms with Gasteiger partial charge in [-0.25, -0.2) is 9.59 Å². The van der Waals surface area contributed by atoms with Gasteiger partial charge in [-0.2, -0.15) is 5.26 Å². The SMILES string of the molecule is CC(C)COC(=O)/C(C#N)=C/c1ccc(O)cc1C(=O)O. The minimum atomic E-state index is -1.27. The lowest BCUT2D eigenvalue weighted by atomic mass is 10.0. The summed E-state index contributed by atoms with van der Waals surface area (Å²) < 4.78 is 4.93. The second-order valence-electron chi connectivity index (χ2n) is 4.74. The maximum atomic E-state index is 11.7. The van der Waals surface area contributed by atoms with Gasteiger partial charge in [0, 0.05) is 0 Å². The van der Waals surface area contributed by atoms with Crippen LogP contribution >= 0.6 is 0 Å². The Balaban J connectivity index is 3.12. The fourth-order valence-corrected chi connectivity index (χ4v) is 1.47. The molecular formula is C15H15NO5. The number of rotatable bonds is 5. The van der Waals surface area contributed by atoms with Gasteiger partial charge in [0.1, 0.15) is 17.4 Å². The van der Waals surface area contributed by atoms with E-state index in [4.69, 9.17) is 15.1 Å². The first-order valence-corrected chi connectivity index (χ1v) is 6.20. The van der Waals surface area contributed by atoms with Crippen molar-refractivity contribution in [1.29, 1.82) is 5.26 Å². The van der Waals surface area contributed by atoms with Crippen LogP contribution in [-0.2, 0) is 9.53 Å². The van der Waals surface area contributed by atoms with Crippen molar-refractivity contribution in [3.05, 3.63) is 34.9 Å². The average molecular weight is 289 g/mol. The number of carboxylic acids is 1. The van der Waals surface area contributed by atoms with Gasteiger partial charge in [-0.15, -0.1) is 0 Å². The summed E-state index contributed by atoms with van der Waals surface area (Å²) in [6, 6.07) is 5.31. The molecule has 0 aliphatic carbocycles. The van der Waals surface area contributed by atoms with Crippen molar-refractivity contribution in [2.75, 3.05) is 6.61 Å². The zero-order chi connectivity index (χ0) is 16.0. The highest BCUT2D eigenvalue weighted by atomic mass is 16.5. The van der Waals surface area contributed by atoms with Gasteiger partial charge in [0.15, 0.2) is 0 Å². The fraction of sp³-hybridized carbons (Fsp3) is 0.267. The minimum Gasteiger partial charge on any atom is -0.508 e. The molecule has 2 N–H and O–H groups in total. The minimum absolute atomic E-state index is 0.122. The van der Waals surface area contributed by atoms with Crippen LogP contribution in [0, 0.1) is 17.2 Å². The Morgan fingerprint density at radius 1 is 1.43 bits per heavy atom. The van der Waals surface area contributed by atoms with E-state index < -0.39 is 11.9 Å². The number of carbonyl (C=O) groups excluding carboxylic acids is 1. The second-order valence-corrected chi connectivity index (χ2v) is 4.74. The molecule has 0 aromatic heterocycles. The third-order valence-corrected chi connectivity index (χ3v) is 2.46. The molecule has 1 aromatic rings. The van der Waals surface area contributed by atoms with Crippen molar-refractivity contribution in [2.24, 2.45) is 5.92 Å². The van der Waals surface area contributed by atoms with Crippen molar-refractivity contribution in [2.45, 2.75) is 13.8 Å². The molecule has 0 radical (unpaired) electrons. The number of nitriles is 1. The number of carbonyl (C=O) groups is 2. The lowest BCUT2D eigenvalue weighted by molar-refractivity contribution is -0.139. The predicted molar refractivity (Wildman–Crippen MR) is 74.5 cm³/mol. The molecule has 0 saturated heterocycles. The summed E-state index contributed by atoms with van der Waals surface area (Å²) in [4.78, 5) is 22.8. The second kappa shape index (κ2) is 7.10. The van der Waals surface area contributed by atoms with Crippen LogP contribution in [0.15, 0.2) is 23.8 Å². The molecule has 0 fully saturated rings. The Morgan fingerprint density at radius 2 is 2.10 bits per heavy atom. The molecule has 6 nitrogen and oxygen atoms in total. The molecule has 0 bridgehead atoms. The van der Waals surface area contributed by atoms with E-state index in [-0.39, 0.29) is 35.0 Å². The molecule has 0 amide bonds. The number of nitrogens with zero attached hydrogens (tertiary/aromatic N) is 1. The summed E-state index contributed by atoms with van der Waals surface area (Å²) >= 11 is 0. The highest BCUT2D eigenvalue weighted by molar-refractivity contribution is 6.00. The molecule has 0 aliphatic heterocycles. The van der Waals surface area contributed by atoms with Gasteiger partial charge < -0.3 is 14.9 Å². The van der Waals surface area contributed by atoms with Gasteiger partial charge in [-0.05, 0) is 29.7 Å². The zero-order valence-corrected chi connectivity index (χ0v) is 11.7. The maximum Gasteiger partial charge on any atom is 0.348 e. The Labute approximate surface area is 121 Å². The summed E-state index contributed by atoms with van der Waals surface area (Å²) in [5.41, 5.74) is -0.374. The van der Waals surface area contributed by atoms with Gasteiger partial charge in [0.2, 0.25) is 0 Å². The summed E-state index contributed by atoms with van der Waals surface area (Å²) in [5, 5.41) is 27.3. The number of aromatic hydroxyl groups is 1. The first-order chi connectivity index (χ1) is 9.85. The Kier molecular flexibility index (Phi) is 5.49. The number of hydrogen-bond donors (Lipinski definition) is 2. The molecule has 110 valence electrons. The molecule has 6 heteroatoms. The van der Waals surface area contributed by atoms with Crippen LogP contribution < -0.4 is 0 Å². The lowest BCUT2D eigenvalue weighted by Gasteiger charge is -2.07. The molecule has 0 aliphatic rings. The molecule has 0 atom stereocenters. The van der Waals surface area contributed by atoms with E-state index in [2.05, 4.69) is 0 Å². The van der Waals surface area contributed by atoms with Crippen LogP contribution in [0.1, 0.15) is 29.8 Å². The highest BCUT2D eigenvalue weighted by Crippen LogP contribution is 2.19. The summed E-state index contributed by atoms with van der Waals surface area (Å²) in [5.74, 6) is -2.18. The first-order valence-electron chi connectivity index (χ1n) is 6.20. The number of benzene rings is 1. The fourth-order valence-electron chi connectivity index (χ4n) is 1.47. The van der Waals surface area contributed by atoms with E-state index in [1.54, 1.807) is 6.07 Å². The molecule has 0 saturated carbocycles. The van der Waals surface area contributed by atoms with Crippen LogP contribution in [0.25, 0.3) is 6.08 Å². The van der Waals surface area contributed by atoms with Gasteiger partial charge in [0.05, 0.1) is 12.2 Å². The predicted octanol–water partition coefficient (Wildman–Crippen LogP) is 2.20. The van der Waals surface area contributed by atoms with Crippen molar-refractivity contribution < 1.29 is 24.5 Å². The number of carboxylic acid groups (broad SMARTS) is 1. The van der Waals surface area contributed by atoms with E-state index >= 15 is 0 Å². The van der Waals surface area contributed by atoms with Crippen molar-refractivity contribution >= 4 is 18.0 Å². The van der Waals surface area contributed by atoms with Gasteiger partial charge in [0.25, 0.3) is 0 Å². The van der Waals surface area contributed by atoms with Crippen molar-refractivity contribution in [1.82, 2.24) is 0 Å². The van der Waals surface area contributed by atoms with Crippen molar-refractivity contribution in [3.8, 4) is 11.8 Å². The molecule has 1 aromatic carbocycles. The van der Waals surface area contributed by atoms with E-state index in [0.29, 0.717) is 0 Å². The molecule has 0 heterocycles. The Hall–Kier alpha value is -2.81. The number of phenols is 1. The van der Waals surface area contributed by atoms with Crippen molar-refractivity contribution in [3.63, 3.8) is 0 Å². The molecule has 0 unspecified atom stereocenters. The largest absolute Gasteiger partial charge is 0.508 e. The third kappa shape index (κ3) is 4.66. The highest BCUT2D eigenvalue weighted by Gasteiger charge is 2.15. The van der Waals surface area contributed by atoms with E-state index in [1.165, 1.54) is 12.1 Å². The molecular weight excluding hydrogens is 274 g/mol. The lowest BCUT2D eigenvalue weighted by Crippen LogP contribution is -2.11. The third-order valence-electron chi connectivity index (χ3n) is 2.46. The molecule has 1 rings (SSSR count). The number of phenolic OH excluding ortho intramolecular Hbond substituents is 1. The number of esters is 1. The maximum absolute atomic E-state index is 11.7. The van der Waals surface area contributed by atoms with Crippen LogP contribution in [0.2, 0.25) is 0 Å². The monoisotopic (exact) mass is 289 g/mol. The number of hydrogen-bond acceptors (Lipinski definition) is 5. The molecule has 0 spiro atoms. The summed E-state index contributed by atoms with van der Waals surface area (Å²) in [7, 11) is 0. The Bertz CT molecular complexity index is 625.